The summed E-state index contributed by atoms with van der Waals surface area (Å²) in [5, 5.41) is 3.00. The summed E-state index contributed by atoms with van der Waals surface area (Å²) in [4.78, 5) is 14.4. The first-order valence-electron chi connectivity index (χ1n) is 6.74. The van der Waals surface area contributed by atoms with Crippen LogP contribution in [0.2, 0.25) is 0 Å². The number of carbonyl (C=O) groups excluding carboxylic acids is 1. The van der Waals surface area contributed by atoms with Gasteiger partial charge in [-0.25, -0.2) is 0 Å². The molecule has 1 heterocycles. The highest BCUT2D eigenvalue weighted by molar-refractivity contribution is 7.12. The predicted molar refractivity (Wildman–Crippen MR) is 80.8 cm³/mol. The van der Waals surface area contributed by atoms with Crippen LogP contribution in [0.5, 0.6) is 0 Å². The maximum Gasteiger partial charge on any atom is 0.225 e. The number of carbonyl (C=O) groups is 1. The third-order valence-electron chi connectivity index (χ3n) is 2.93. The fourth-order valence-corrected chi connectivity index (χ4v) is 2.89. The molecule has 0 fully saturated rings. The highest BCUT2D eigenvalue weighted by Gasteiger charge is 2.19. The summed E-state index contributed by atoms with van der Waals surface area (Å²) in [6.45, 7) is 12.3. The minimum atomic E-state index is -0.0217. The number of thiophene rings is 1. The minimum Gasteiger partial charge on any atom is -0.381 e. The van der Waals surface area contributed by atoms with E-state index in [0.717, 1.165) is 4.88 Å². The van der Waals surface area contributed by atoms with Crippen LogP contribution in [-0.4, -0.2) is 25.7 Å². The van der Waals surface area contributed by atoms with Gasteiger partial charge in [-0.15, -0.1) is 11.3 Å². The van der Waals surface area contributed by atoms with Crippen molar-refractivity contribution in [3.8, 4) is 0 Å². The zero-order valence-corrected chi connectivity index (χ0v) is 13.4. The van der Waals surface area contributed by atoms with Gasteiger partial charge in [0, 0.05) is 28.3 Å². The SMILES string of the molecule is CCOCC(C)(C)CNC(=O)Cc1sc(C)cc1C. The molecular formula is C15H25NO2S. The van der Waals surface area contributed by atoms with Crippen LogP contribution in [0.15, 0.2) is 6.07 Å². The van der Waals surface area contributed by atoms with Crippen molar-refractivity contribution in [2.45, 2.75) is 41.0 Å². The summed E-state index contributed by atoms with van der Waals surface area (Å²) in [7, 11) is 0. The molecule has 4 heteroatoms. The van der Waals surface area contributed by atoms with Crippen LogP contribution in [0.1, 0.15) is 36.1 Å². The van der Waals surface area contributed by atoms with Gasteiger partial charge in [-0.05, 0) is 32.4 Å². The van der Waals surface area contributed by atoms with Crippen molar-refractivity contribution in [2.75, 3.05) is 19.8 Å². The van der Waals surface area contributed by atoms with Crippen molar-refractivity contribution in [2.24, 2.45) is 5.41 Å². The molecule has 0 spiro atoms. The minimum absolute atomic E-state index is 0.0217. The predicted octanol–water partition coefficient (Wildman–Crippen LogP) is 3.09. The molecule has 0 aromatic carbocycles. The molecule has 1 amide bonds. The summed E-state index contributed by atoms with van der Waals surface area (Å²) in [6, 6.07) is 2.13. The van der Waals surface area contributed by atoms with Crippen LogP contribution < -0.4 is 5.32 Å². The molecule has 108 valence electrons. The van der Waals surface area contributed by atoms with Gasteiger partial charge in [-0.3, -0.25) is 4.79 Å². The molecule has 1 rings (SSSR count). The van der Waals surface area contributed by atoms with Crippen LogP contribution >= 0.6 is 11.3 Å². The quantitative estimate of drug-likeness (QED) is 0.835. The summed E-state index contributed by atoms with van der Waals surface area (Å²) in [5.41, 5.74) is 1.19. The molecule has 0 aliphatic rings. The summed E-state index contributed by atoms with van der Waals surface area (Å²) in [5.74, 6) is 0.0922. The second-order valence-corrected chi connectivity index (χ2v) is 7.06. The Balaban J connectivity index is 2.41. The lowest BCUT2D eigenvalue weighted by Crippen LogP contribution is -2.37. The van der Waals surface area contributed by atoms with Gasteiger partial charge in [-0.2, -0.15) is 0 Å². The van der Waals surface area contributed by atoms with Crippen LogP contribution in [0.4, 0.5) is 0 Å². The lowest BCUT2D eigenvalue weighted by molar-refractivity contribution is -0.121. The van der Waals surface area contributed by atoms with Crippen LogP contribution in [-0.2, 0) is 16.0 Å². The van der Waals surface area contributed by atoms with Gasteiger partial charge in [0.15, 0.2) is 0 Å². The molecule has 0 aliphatic heterocycles. The largest absolute Gasteiger partial charge is 0.381 e. The number of hydrogen-bond acceptors (Lipinski definition) is 3. The molecule has 0 unspecified atom stereocenters. The maximum atomic E-state index is 11.9. The van der Waals surface area contributed by atoms with Crippen molar-refractivity contribution >= 4 is 17.2 Å². The van der Waals surface area contributed by atoms with Gasteiger partial charge in [-0.1, -0.05) is 13.8 Å². The molecule has 1 aromatic heterocycles. The molecule has 0 aliphatic carbocycles. The van der Waals surface area contributed by atoms with E-state index in [9.17, 15) is 4.79 Å². The molecule has 3 nitrogen and oxygen atoms in total. The highest BCUT2D eigenvalue weighted by Crippen LogP contribution is 2.21. The summed E-state index contributed by atoms with van der Waals surface area (Å²) < 4.78 is 5.42. The average Bonchev–Trinajstić information content (AvgIpc) is 2.63. The Morgan fingerprint density at radius 1 is 1.42 bits per heavy atom. The van der Waals surface area contributed by atoms with Gasteiger partial charge >= 0.3 is 0 Å². The molecule has 19 heavy (non-hydrogen) atoms. The molecule has 0 atom stereocenters. The Labute approximate surface area is 120 Å². The van der Waals surface area contributed by atoms with E-state index in [-0.39, 0.29) is 11.3 Å². The monoisotopic (exact) mass is 283 g/mol. The van der Waals surface area contributed by atoms with E-state index in [1.807, 2.05) is 6.92 Å². The van der Waals surface area contributed by atoms with Gasteiger partial charge < -0.3 is 10.1 Å². The van der Waals surface area contributed by atoms with E-state index in [2.05, 4.69) is 39.1 Å². The molecular weight excluding hydrogens is 258 g/mol. The number of aryl methyl sites for hydroxylation is 2. The van der Waals surface area contributed by atoms with E-state index in [0.29, 0.717) is 26.2 Å². The van der Waals surface area contributed by atoms with E-state index in [1.54, 1.807) is 11.3 Å². The van der Waals surface area contributed by atoms with Gasteiger partial charge in [0.25, 0.3) is 0 Å². The average molecular weight is 283 g/mol. The Kier molecular flexibility index (Phi) is 6.01. The first-order chi connectivity index (χ1) is 8.84. The topological polar surface area (TPSA) is 38.3 Å². The van der Waals surface area contributed by atoms with Crippen LogP contribution in [0.25, 0.3) is 0 Å². The molecule has 0 radical (unpaired) electrons. The first-order valence-corrected chi connectivity index (χ1v) is 7.56. The maximum absolute atomic E-state index is 11.9. The van der Waals surface area contributed by atoms with Gasteiger partial charge in [0.2, 0.25) is 5.91 Å². The van der Waals surface area contributed by atoms with Crippen LogP contribution in [0, 0.1) is 19.3 Å². The molecule has 0 saturated heterocycles. The third kappa shape index (κ3) is 5.74. The van der Waals surface area contributed by atoms with E-state index in [4.69, 9.17) is 4.74 Å². The zero-order chi connectivity index (χ0) is 14.5. The Hall–Kier alpha value is -0.870. The number of nitrogens with one attached hydrogen (secondary N) is 1. The van der Waals surface area contributed by atoms with Gasteiger partial charge in [0.1, 0.15) is 0 Å². The standard InChI is InChI=1S/C15H25NO2S/c1-6-18-10-15(4,5)9-16-14(17)8-13-11(2)7-12(3)19-13/h7H,6,8-10H2,1-5H3,(H,16,17). The first kappa shape index (κ1) is 16.2. The van der Waals surface area contributed by atoms with Crippen molar-refractivity contribution in [1.29, 1.82) is 0 Å². The Morgan fingerprint density at radius 3 is 2.63 bits per heavy atom. The number of rotatable bonds is 7. The lowest BCUT2D eigenvalue weighted by atomic mass is 9.95. The summed E-state index contributed by atoms with van der Waals surface area (Å²) >= 11 is 1.70. The van der Waals surface area contributed by atoms with E-state index in [1.165, 1.54) is 10.4 Å². The van der Waals surface area contributed by atoms with Gasteiger partial charge in [0.05, 0.1) is 13.0 Å². The van der Waals surface area contributed by atoms with Crippen molar-refractivity contribution < 1.29 is 9.53 Å². The summed E-state index contributed by atoms with van der Waals surface area (Å²) in [6.07, 6.45) is 0.481. The smallest absolute Gasteiger partial charge is 0.225 e. The van der Waals surface area contributed by atoms with Crippen LogP contribution in [0.3, 0.4) is 0 Å². The van der Waals surface area contributed by atoms with Crippen molar-refractivity contribution in [1.82, 2.24) is 5.32 Å². The fourth-order valence-electron chi connectivity index (χ4n) is 1.84. The number of ether oxygens (including phenoxy) is 1. The van der Waals surface area contributed by atoms with Crippen molar-refractivity contribution in [3.63, 3.8) is 0 Å². The third-order valence-corrected chi connectivity index (χ3v) is 4.08. The second kappa shape index (κ2) is 7.06. The zero-order valence-electron chi connectivity index (χ0n) is 12.6. The molecule has 0 bridgehead atoms. The highest BCUT2D eigenvalue weighted by atomic mass is 32.1. The molecule has 1 aromatic rings. The van der Waals surface area contributed by atoms with E-state index < -0.39 is 0 Å². The lowest BCUT2D eigenvalue weighted by Gasteiger charge is -2.24. The molecule has 0 saturated carbocycles. The normalized spacial score (nSPS) is 11.6. The fraction of sp³-hybridized carbons (Fsp3) is 0.667. The number of amides is 1. The van der Waals surface area contributed by atoms with Crippen molar-refractivity contribution in [3.05, 3.63) is 21.4 Å². The second-order valence-electron chi connectivity index (χ2n) is 5.72. The Bertz CT molecular complexity index is 424. The molecule has 1 N–H and O–H groups in total. The number of hydrogen-bond donors (Lipinski definition) is 1. The van der Waals surface area contributed by atoms with E-state index >= 15 is 0 Å². The Morgan fingerprint density at radius 2 is 2.11 bits per heavy atom.